The van der Waals surface area contributed by atoms with E-state index in [9.17, 15) is 4.39 Å². The Labute approximate surface area is 175 Å². The molecule has 2 nitrogen and oxygen atoms in total. The van der Waals surface area contributed by atoms with Gasteiger partial charge in [0.2, 0.25) is 6.23 Å². The van der Waals surface area contributed by atoms with Crippen molar-refractivity contribution in [2.75, 3.05) is 0 Å². The molecular weight excluding hydrogens is 416 g/mol. The molecule has 28 heavy (non-hydrogen) atoms. The molecule has 0 spiro atoms. The molecule has 1 atom stereocenters. The molecule has 0 bridgehead atoms. The van der Waals surface area contributed by atoms with Crippen LogP contribution in [-0.4, -0.2) is 4.57 Å². The van der Waals surface area contributed by atoms with Crippen LogP contribution in [0.3, 0.4) is 0 Å². The maximum atomic E-state index is 14.9. The predicted molar refractivity (Wildman–Crippen MR) is 112 cm³/mol. The van der Waals surface area contributed by atoms with Gasteiger partial charge in [-0.05, 0) is 67.3 Å². The molecular formula is C22H14Cl2FNOS. The van der Waals surface area contributed by atoms with Crippen molar-refractivity contribution in [1.29, 1.82) is 0 Å². The van der Waals surface area contributed by atoms with Gasteiger partial charge < -0.3 is 4.74 Å². The maximum Gasteiger partial charge on any atom is 0.212 e. The van der Waals surface area contributed by atoms with E-state index in [-0.39, 0.29) is 12.0 Å². The molecule has 1 fully saturated rings. The highest BCUT2D eigenvalue weighted by Crippen LogP contribution is 2.49. The van der Waals surface area contributed by atoms with Crippen LogP contribution in [0.25, 0.3) is 22.2 Å². The molecule has 2 aliphatic rings. The lowest BCUT2D eigenvalue weighted by molar-refractivity contribution is 0.176. The van der Waals surface area contributed by atoms with Gasteiger partial charge in [0, 0.05) is 20.3 Å². The third-order valence-corrected chi connectivity index (χ3v) is 7.15. The summed E-state index contributed by atoms with van der Waals surface area (Å²) in [4.78, 5) is 2.49. The average Bonchev–Trinajstić information content (AvgIpc) is 3.26. The van der Waals surface area contributed by atoms with Crippen LogP contribution in [0.15, 0.2) is 48.5 Å². The van der Waals surface area contributed by atoms with Crippen LogP contribution in [0.1, 0.15) is 34.7 Å². The van der Waals surface area contributed by atoms with Gasteiger partial charge in [0.1, 0.15) is 11.6 Å². The van der Waals surface area contributed by atoms with E-state index in [2.05, 4.69) is 16.7 Å². The number of benzene rings is 2. The van der Waals surface area contributed by atoms with Crippen LogP contribution in [0.4, 0.5) is 4.39 Å². The van der Waals surface area contributed by atoms with Crippen molar-refractivity contribution in [3.05, 3.63) is 74.1 Å². The van der Waals surface area contributed by atoms with Gasteiger partial charge in [-0.15, -0.1) is 11.3 Å². The number of fused-ring (bicyclic) bond motifs is 5. The molecule has 1 saturated carbocycles. The van der Waals surface area contributed by atoms with Crippen LogP contribution in [0, 0.1) is 5.82 Å². The summed E-state index contributed by atoms with van der Waals surface area (Å²) in [6.45, 7) is 0. The first-order valence-corrected chi connectivity index (χ1v) is 10.7. The largest absolute Gasteiger partial charge is 0.464 e. The van der Waals surface area contributed by atoms with Crippen molar-refractivity contribution in [1.82, 2.24) is 4.57 Å². The summed E-state index contributed by atoms with van der Waals surface area (Å²) in [6, 6.07) is 15.0. The molecule has 4 aromatic rings. The van der Waals surface area contributed by atoms with E-state index in [0.717, 1.165) is 21.5 Å². The van der Waals surface area contributed by atoms with Crippen LogP contribution in [0.2, 0.25) is 10.0 Å². The normalized spacial score (nSPS) is 18.0. The number of thiophene rings is 1. The molecule has 0 radical (unpaired) electrons. The third-order valence-electron chi connectivity index (χ3n) is 5.42. The summed E-state index contributed by atoms with van der Waals surface area (Å²) in [5.41, 5.74) is 2.18. The van der Waals surface area contributed by atoms with Gasteiger partial charge in [0.05, 0.1) is 21.7 Å². The molecule has 0 unspecified atom stereocenters. The second-order valence-corrected chi connectivity index (χ2v) is 9.37. The SMILES string of the molecule is Fc1cc(Cl)cc2c1-c1cc3cc(Cl)ccc3n1[C@H](c1ccc(C3CC3)s1)O2. The summed E-state index contributed by atoms with van der Waals surface area (Å²) in [5.74, 6) is 0.764. The van der Waals surface area contributed by atoms with Crippen LogP contribution < -0.4 is 4.74 Å². The van der Waals surface area contributed by atoms with E-state index in [4.69, 9.17) is 27.9 Å². The zero-order valence-electron chi connectivity index (χ0n) is 14.6. The zero-order valence-corrected chi connectivity index (χ0v) is 16.9. The highest BCUT2D eigenvalue weighted by molar-refractivity contribution is 7.12. The summed E-state index contributed by atoms with van der Waals surface area (Å²) in [7, 11) is 0. The molecule has 3 heterocycles. The van der Waals surface area contributed by atoms with Crippen molar-refractivity contribution in [3.8, 4) is 17.0 Å². The molecule has 1 aliphatic heterocycles. The minimum Gasteiger partial charge on any atom is -0.464 e. The van der Waals surface area contributed by atoms with E-state index < -0.39 is 0 Å². The van der Waals surface area contributed by atoms with Gasteiger partial charge in [-0.25, -0.2) is 4.39 Å². The van der Waals surface area contributed by atoms with E-state index in [1.165, 1.54) is 23.8 Å². The predicted octanol–water partition coefficient (Wildman–Crippen LogP) is 7.63. The summed E-state index contributed by atoms with van der Waals surface area (Å²) < 4.78 is 23.3. The number of rotatable bonds is 2. The Kier molecular flexibility index (Phi) is 3.62. The van der Waals surface area contributed by atoms with Crippen LogP contribution in [0.5, 0.6) is 5.75 Å². The highest BCUT2D eigenvalue weighted by atomic mass is 35.5. The number of hydrogen-bond acceptors (Lipinski definition) is 2. The quantitative estimate of drug-likeness (QED) is 0.319. The van der Waals surface area contributed by atoms with Crippen molar-refractivity contribution in [2.24, 2.45) is 0 Å². The fourth-order valence-corrected chi connectivity index (χ4v) is 5.57. The van der Waals surface area contributed by atoms with Gasteiger partial charge in [0.15, 0.2) is 0 Å². The molecule has 140 valence electrons. The monoisotopic (exact) mass is 429 g/mol. The molecule has 1 aliphatic carbocycles. The Morgan fingerprint density at radius 3 is 2.61 bits per heavy atom. The van der Waals surface area contributed by atoms with Crippen molar-refractivity contribution >= 4 is 45.4 Å². The Hall–Kier alpha value is -2.01. The Morgan fingerprint density at radius 1 is 0.964 bits per heavy atom. The fourth-order valence-electron chi connectivity index (χ4n) is 3.99. The standard InChI is InChI=1S/C22H14Cl2FNOS/c23-13-3-4-16-12(7-13)8-17-21-15(25)9-14(24)10-18(21)27-22(26(16)17)20-6-5-19(28-20)11-1-2-11/h3-11,22H,1-2H2/t22-/m0/s1. The molecule has 6 rings (SSSR count). The number of aromatic nitrogens is 1. The number of halogens is 3. The van der Waals surface area contributed by atoms with E-state index in [0.29, 0.717) is 27.3 Å². The molecule has 6 heteroatoms. The second-order valence-electron chi connectivity index (χ2n) is 7.35. The van der Waals surface area contributed by atoms with Crippen LogP contribution in [-0.2, 0) is 0 Å². The highest BCUT2D eigenvalue weighted by Gasteiger charge is 2.33. The first-order valence-electron chi connectivity index (χ1n) is 9.15. The maximum absolute atomic E-state index is 14.9. The van der Waals surface area contributed by atoms with Crippen LogP contribution >= 0.6 is 34.5 Å². The number of nitrogens with zero attached hydrogens (tertiary/aromatic N) is 1. The summed E-state index contributed by atoms with van der Waals surface area (Å²) >= 11 is 14.1. The van der Waals surface area contributed by atoms with E-state index in [1.54, 1.807) is 17.4 Å². The Bertz CT molecular complexity index is 1260. The lowest BCUT2D eigenvalue weighted by Gasteiger charge is -2.29. The minimum atomic E-state index is -0.388. The summed E-state index contributed by atoms with van der Waals surface area (Å²) in [5, 5.41) is 1.93. The zero-order chi connectivity index (χ0) is 19.0. The molecule has 0 saturated heterocycles. The van der Waals surface area contributed by atoms with E-state index in [1.807, 2.05) is 24.3 Å². The fraction of sp³-hybridized carbons (Fsp3) is 0.182. The molecule has 0 amide bonds. The van der Waals surface area contributed by atoms with Gasteiger partial charge in [-0.2, -0.15) is 0 Å². The lowest BCUT2D eigenvalue weighted by Crippen LogP contribution is -2.21. The molecule has 2 aromatic carbocycles. The van der Waals surface area contributed by atoms with Gasteiger partial charge >= 0.3 is 0 Å². The lowest BCUT2D eigenvalue weighted by atomic mass is 10.1. The average molecular weight is 430 g/mol. The van der Waals surface area contributed by atoms with Crippen molar-refractivity contribution in [2.45, 2.75) is 25.0 Å². The topological polar surface area (TPSA) is 14.2 Å². The van der Waals surface area contributed by atoms with Gasteiger partial charge in [-0.1, -0.05) is 23.2 Å². The molecule has 2 aromatic heterocycles. The first-order chi connectivity index (χ1) is 13.6. The first kappa shape index (κ1) is 16.9. The number of ether oxygens (including phenoxy) is 1. The minimum absolute atomic E-state index is 0.326. The Morgan fingerprint density at radius 2 is 1.79 bits per heavy atom. The van der Waals surface area contributed by atoms with E-state index >= 15 is 0 Å². The smallest absolute Gasteiger partial charge is 0.212 e. The number of hydrogen-bond donors (Lipinski definition) is 0. The van der Waals surface area contributed by atoms with Crippen molar-refractivity contribution in [3.63, 3.8) is 0 Å². The summed E-state index contributed by atoms with van der Waals surface area (Å²) in [6.07, 6.45) is 2.15. The van der Waals surface area contributed by atoms with Crippen molar-refractivity contribution < 1.29 is 9.13 Å². The van der Waals surface area contributed by atoms with Gasteiger partial charge in [-0.3, -0.25) is 4.57 Å². The third kappa shape index (κ3) is 2.52. The Balaban J connectivity index is 1.62. The molecule has 0 N–H and O–H groups in total. The second kappa shape index (κ2) is 5.99. The van der Waals surface area contributed by atoms with Gasteiger partial charge in [0.25, 0.3) is 0 Å².